The standard InChI is InChI=1S/C13H23N3O2/c14-11-1-9-16(10-2-11)13(18)5-8-15-6-3-12(17)4-7-15/h11H,1-10,14H2. The molecular formula is C13H23N3O2. The largest absolute Gasteiger partial charge is 0.343 e. The quantitative estimate of drug-likeness (QED) is 0.768. The van der Waals surface area contributed by atoms with E-state index >= 15 is 0 Å². The van der Waals surface area contributed by atoms with E-state index in [2.05, 4.69) is 4.90 Å². The first-order chi connectivity index (χ1) is 8.65. The second-order valence-corrected chi connectivity index (χ2v) is 5.35. The third kappa shape index (κ3) is 3.78. The van der Waals surface area contributed by atoms with Crippen LogP contribution in [0.1, 0.15) is 32.1 Å². The Morgan fingerprint density at radius 3 is 2.39 bits per heavy atom. The Hall–Kier alpha value is -0.940. The lowest BCUT2D eigenvalue weighted by Crippen LogP contribution is -2.44. The molecule has 0 unspecified atom stereocenters. The van der Waals surface area contributed by atoms with E-state index in [1.165, 1.54) is 0 Å². The molecule has 2 fully saturated rings. The Bertz CT molecular complexity index is 301. The molecule has 0 aromatic heterocycles. The highest BCUT2D eigenvalue weighted by atomic mass is 16.2. The second kappa shape index (κ2) is 6.29. The number of hydrogen-bond donors (Lipinski definition) is 1. The van der Waals surface area contributed by atoms with Gasteiger partial charge in [0.1, 0.15) is 5.78 Å². The maximum atomic E-state index is 12.0. The topological polar surface area (TPSA) is 66.6 Å². The number of likely N-dealkylation sites (tertiary alicyclic amines) is 2. The number of Topliss-reactive ketones (excluding diaryl/α,β-unsaturated/α-hetero) is 1. The molecule has 0 atom stereocenters. The second-order valence-electron chi connectivity index (χ2n) is 5.35. The van der Waals surface area contributed by atoms with Crippen molar-refractivity contribution in [2.24, 2.45) is 5.73 Å². The molecule has 0 aromatic carbocycles. The van der Waals surface area contributed by atoms with E-state index in [1.54, 1.807) is 0 Å². The average molecular weight is 253 g/mol. The number of nitrogens with zero attached hydrogens (tertiary/aromatic N) is 2. The van der Waals surface area contributed by atoms with Gasteiger partial charge in [0.2, 0.25) is 5.91 Å². The molecule has 0 aromatic rings. The third-order valence-electron chi connectivity index (χ3n) is 3.95. The normalized spacial score (nSPS) is 23.4. The van der Waals surface area contributed by atoms with Crippen molar-refractivity contribution in [2.75, 3.05) is 32.7 Å². The molecule has 2 saturated heterocycles. The van der Waals surface area contributed by atoms with Crippen molar-refractivity contribution >= 4 is 11.7 Å². The number of rotatable bonds is 3. The molecule has 2 rings (SSSR count). The van der Waals surface area contributed by atoms with Crippen LogP contribution in [0.15, 0.2) is 0 Å². The van der Waals surface area contributed by atoms with Gasteiger partial charge in [0.25, 0.3) is 0 Å². The average Bonchev–Trinajstić information content (AvgIpc) is 2.38. The van der Waals surface area contributed by atoms with Gasteiger partial charge < -0.3 is 15.5 Å². The number of piperidine rings is 2. The molecule has 0 bridgehead atoms. The van der Waals surface area contributed by atoms with Crippen molar-refractivity contribution in [1.82, 2.24) is 9.80 Å². The van der Waals surface area contributed by atoms with E-state index in [0.717, 1.165) is 45.6 Å². The monoisotopic (exact) mass is 253 g/mol. The van der Waals surface area contributed by atoms with Crippen molar-refractivity contribution < 1.29 is 9.59 Å². The fourth-order valence-electron chi connectivity index (χ4n) is 2.59. The molecule has 0 aliphatic carbocycles. The molecule has 2 aliphatic rings. The van der Waals surface area contributed by atoms with Gasteiger partial charge in [-0.05, 0) is 12.8 Å². The molecule has 1 amide bonds. The lowest BCUT2D eigenvalue weighted by Gasteiger charge is -2.31. The van der Waals surface area contributed by atoms with Crippen LogP contribution < -0.4 is 5.73 Å². The van der Waals surface area contributed by atoms with Gasteiger partial charge in [0.15, 0.2) is 0 Å². The highest BCUT2D eigenvalue weighted by Crippen LogP contribution is 2.11. The molecule has 2 aliphatic heterocycles. The molecule has 18 heavy (non-hydrogen) atoms. The van der Waals surface area contributed by atoms with Gasteiger partial charge in [-0.3, -0.25) is 9.59 Å². The first kappa shape index (κ1) is 13.5. The van der Waals surface area contributed by atoms with Crippen molar-refractivity contribution in [3.05, 3.63) is 0 Å². The Kier molecular flexibility index (Phi) is 4.72. The number of carbonyl (C=O) groups is 2. The molecule has 5 nitrogen and oxygen atoms in total. The van der Waals surface area contributed by atoms with Crippen LogP contribution in [-0.2, 0) is 9.59 Å². The smallest absolute Gasteiger partial charge is 0.223 e. The van der Waals surface area contributed by atoms with E-state index in [-0.39, 0.29) is 11.9 Å². The van der Waals surface area contributed by atoms with Gasteiger partial charge in [-0.2, -0.15) is 0 Å². The van der Waals surface area contributed by atoms with Crippen LogP contribution in [0, 0.1) is 0 Å². The number of amides is 1. The molecular weight excluding hydrogens is 230 g/mol. The fourth-order valence-corrected chi connectivity index (χ4v) is 2.59. The van der Waals surface area contributed by atoms with Crippen LogP contribution in [0.5, 0.6) is 0 Å². The summed E-state index contributed by atoms with van der Waals surface area (Å²) >= 11 is 0. The lowest BCUT2D eigenvalue weighted by atomic mass is 10.1. The summed E-state index contributed by atoms with van der Waals surface area (Å²) in [4.78, 5) is 27.3. The van der Waals surface area contributed by atoms with E-state index in [4.69, 9.17) is 5.73 Å². The van der Waals surface area contributed by atoms with E-state index in [0.29, 0.717) is 25.0 Å². The molecule has 0 saturated carbocycles. The Morgan fingerprint density at radius 1 is 1.17 bits per heavy atom. The summed E-state index contributed by atoms with van der Waals surface area (Å²) in [6.45, 7) is 4.03. The zero-order chi connectivity index (χ0) is 13.0. The third-order valence-corrected chi connectivity index (χ3v) is 3.95. The minimum atomic E-state index is 0.235. The van der Waals surface area contributed by atoms with E-state index < -0.39 is 0 Å². The Morgan fingerprint density at radius 2 is 1.78 bits per heavy atom. The van der Waals surface area contributed by atoms with Gasteiger partial charge in [0, 0.05) is 58.0 Å². The molecule has 102 valence electrons. The maximum absolute atomic E-state index is 12.0. The minimum absolute atomic E-state index is 0.235. The van der Waals surface area contributed by atoms with Gasteiger partial charge in [0.05, 0.1) is 0 Å². The SMILES string of the molecule is NC1CCN(C(=O)CCN2CCC(=O)CC2)CC1. The summed E-state index contributed by atoms with van der Waals surface area (Å²) in [7, 11) is 0. The summed E-state index contributed by atoms with van der Waals surface area (Å²) in [6, 6.07) is 0.266. The van der Waals surface area contributed by atoms with Crippen molar-refractivity contribution in [1.29, 1.82) is 0 Å². The summed E-state index contributed by atoms with van der Waals surface area (Å²) in [5.74, 6) is 0.585. The molecule has 2 heterocycles. The van der Waals surface area contributed by atoms with Crippen LogP contribution >= 0.6 is 0 Å². The Balaban J connectivity index is 1.67. The molecule has 0 radical (unpaired) electrons. The zero-order valence-corrected chi connectivity index (χ0v) is 10.9. The van der Waals surface area contributed by atoms with Crippen LogP contribution in [0.2, 0.25) is 0 Å². The molecule has 5 heteroatoms. The highest BCUT2D eigenvalue weighted by molar-refractivity contribution is 5.79. The summed E-state index contributed by atoms with van der Waals surface area (Å²) in [5.41, 5.74) is 5.82. The van der Waals surface area contributed by atoms with Gasteiger partial charge in [-0.25, -0.2) is 0 Å². The molecule has 2 N–H and O–H groups in total. The van der Waals surface area contributed by atoms with Crippen LogP contribution in [0.3, 0.4) is 0 Å². The number of nitrogens with two attached hydrogens (primary N) is 1. The fraction of sp³-hybridized carbons (Fsp3) is 0.846. The maximum Gasteiger partial charge on any atom is 0.223 e. The lowest BCUT2D eigenvalue weighted by molar-refractivity contribution is -0.132. The van der Waals surface area contributed by atoms with Gasteiger partial charge in [-0.1, -0.05) is 0 Å². The summed E-state index contributed by atoms with van der Waals surface area (Å²) in [5, 5.41) is 0. The van der Waals surface area contributed by atoms with E-state index in [1.807, 2.05) is 4.90 Å². The predicted molar refractivity (Wildman–Crippen MR) is 69.1 cm³/mol. The molecule has 0 spiro atoms. The van der Waals surface area contributed by atoms with Gasteiger partial charge >= 0.3 is 0 Å². The van der Waals surface area contributed by atoms with E-state index in [9.17, 15) is 9.59 Å². The summed E-state index contributed by atoms with van der Waals surface area (Å²) < 4.78 is 0. The van der Waals surface area contributed by atoms with Crippen LogP contribution in [-0.4, -0.2) is 60.3 Å². The Labute approximate surface area is 108 Å². The minimum Gasteiger partial charge on any atom is -0.343 e. The highest BCUT2D eigenvalue weighted by Gasteiger charge is 2.22. The summed E-state index contributed by atoms with van der Waals surface area (Å²) in [6.07, 6.45) is 3.71. The van der Waals surface area contributed by atoms with Gasteiger partial charge in [-0.15, -0.1) is 0 Å². The number of hydrogen-bond acceptors (Lipinski definition) is 4. The number of carbonyl (C=O) groups excluding carboxylic acids is 2. The van der Waals surface area contributed by atoms with Crippen molar-refractivity contribution in [2.45, 2.75) is 38.1 Å². The number of ketones is 1. The van der Waals surface area contributed by atoms with Crippen molar-refractivity contribution in [3.63, 3.8) is 0 Å². The zero-order valence-electron chi connectivity index (χ0n) is 10.9. The first-order valence-corrected chi connectivity index (χ1v) is 6.92. The van der Waals surface area contributed by atoms with Crippen LogP contribution in [0.4, 0.5) is 0 Å². The predicted octanol–water partition coefficient (Wildman–Crippen LogP) is -0.00890. The first-order valence-electron chi connectivity index (χ1n) is 6.92. The van der Waals surface area contributed by atoms with Crippen LogP contribution in [0.25, 0.3) is 0 Å². The van der Waals surface area contributed by atoms with Crippen molar-refractivity contribution in [3.8, 4) is 0 Å².